The molecule has 0 radical (unpaired) electrons. The standard InChI is InChI=1S/C14H16F2N4O2S/c1-3-17-13(22)19-11(21)8(2)23-14-18-9-6-4-5-7-10(9)20(14)12(15)16/h4-8,12H,3H2,1-2H3,(H2,17,19,21,22). The lowest BCUT2D eigenvalue weighted by Gasteiger charge is -2.12. The van der Waals surface area contributed by atoms with Crippen LogP contribution in [0.15, 0.2) is 29.4 Å². The predicted octanol–water partition coefficient (Wildman–Crippen LogP) is 2.76. The predicted molar refractivity (Wildman–Crippen MR) is 83.5 cm³/mol. The molecule has 23 heavy (non-hydrogen) atoms. The van der Waals surface area contributed by atoms with Crippen molar-refractivity contribution < 1.29 is 18.4 Å². The van der Waals surface area contributed by atoms with E-state index in [0.717, 1.165) is 16.3 Å². The highest BCUT2D eigenvalue weighted by molar-refractivity contribution is 8.00. The summed E-state index contributed by atoms with van der Waals surface area (Å²) < 4.78 is 27.4. The molecule has 0 aliphatic rings. The molecule has 0 aliphatic carbocycles. The molecule has 1 atom stereocenters. The molecule has 3 amide bonds. The minimum absolute atomic E-state index is 0.0275. The van der Waals surface area contributed by atoms with E-state index in [-0.39, 0.29) is 5.16 Å². The Hall–Kier alpha value is -2.16. The van der Waals surface area contributed by atoms with Crippen LogP contribution in [0.4, 0.5) is 13.6 Å². The largest absolute Gasteiger partial charge is 0.338 e. The van der Waals surface area contributed by atoms with E-state index >= 15 is 0 Å². The molecule has 1 aromatic carbocycles. The number of hydrogen-bond donors (Lipinski definition) is 2. The van der Waals surface area contributed by atoms with Gasteiger partial charge in [0, 0.05) is 6.54 Å². The SMILES string of the molecule is CCNC(=O)NC(=O)C(C)Sc1nc2ccccc2n1C(F)F. The van der Waals surface area contributed by atoms with Crippen LogP contribution in [0.5, 0.6) is 0 Å². The first kappa shape index (κ1) is 17.2. The molecular formula is C14H16F2N4O2S. The minimum atomic E-state index is -2.77. The number of imidazole rings is 1. The van der Waals surface area contributed by atoms with Gasteiger partial charge >= 0.3 is 12.6 Å². The first-order valence-corrected chi connectivity index (χ1v) is 7.82. The van der Waals surface area contributed by atoms with Gasteiger partial charge in [0.15, 0.2) is 5.16 Å². The number of alkyl halides is 2. The number of halogens is 2. The van der Waals surface area contributed by atoms with Crippen LogP contribution in [-0.4, -0.2) is 33.3 Å². The van der Waals surface area contributed by atoms with Gasteiger partial charge in [0.25, 0.3) is 0 Å². The second kappa shape index (κ2) is 7.40. The van der Waals surface area contributed by atoms with Gasteiger partial charge in [0.05, 0.1) is 16.3 Å². The third kappa shape index (κ3) is 3.98. The Morgan fingerprint density at radius 1 is 1.35 bits per heavy atom. The number of imide groups is 1. The van der Waals surface area contributed by atoms with Gasteiger partial charge in [-0.15, -0.1) is 0 Å². The highest BCUT2D eigenvalue weighted by atomic mass is 32.2. The maximum absolute atomic E-state index is 13.3. The van der Waals surface area contributed by atoms with Gasteiger partial charge in [0.1, 0.15) is 0 Å². The number of para-hydroxylation sites is 2. The zero-order valence-electron chi connectivity index (χ0n) is 12.5. The van der Waals surface area contributed by atoms with Crippen molar-refractivity contribution in [1.82, 2.24) is 20.2 Å². The third-order valence-corrected chi connectivity index (χ3v) is 4.05. The van der Waals surface area contributed by atoms with Crippen molar-refractivity contribution in [2.24, 2.45) is 0 Å². The Morgan fingerprint density at radius 3 is 2.70 bits per heavy atom. The van der Waals surface area contributed by atoms with Crippen LogP contribution in [0, 0.1) is 0 Å². The average Bonchev–Trinajstić information content (AvgIpc) is 2.85. The lowest BCUT2D eigenvalue weighted by molar-refractivity contribution is -0.119. The van der Waals surface area contributed by atoms with Crippen molar-refractivity contribution in [3.05, 3.63) is 24.3 Å². The lowest BCUT2D eigenvalue weighted by Crippen LogP contribution is -2.42. The molecule has 0 aliphatic heterocycles. The number of fused-ring (bicyclic) bond motifs is 1. The lowest BCUT2D eigenvalue weighted by atomic mass is 10.3. The zero-order valence-corrected chi connectivity index (χ0v) is 13.4. The van der Waals surface area contributed by atoms with Crippen molar-refractivity contribution >= 4 is 34.7 Å². The molecule has 0 bridgehead atoms. The van der Waals surface area contributed by atoms with Gasteiger partial charge in [-0.05, 0) is 26.0 Å². The fourth-order valence-corrected chi connectivity index (χ4v) is 2.85. The fraction of sp³-hybridized carbons (Fsp3) is 0.357. The van der Waals surface area contributed by atoms with Crippen molar-refractivity contribution in [3.8, 4) is 0 Å². The summed E-state index contributed by atoms with van der Waals surface area (Å²) in [5.41, 5.74) is 0.716. The Kier molecular flexibility index (Phi) is 5.54. The minimum Gasteiger partial charge on any atom is -0.338 e. The molecule has 1 unspecified atom stereocenters. The fourth-order valence-electron chi connectivity index (χ4n) is 1.92. The summed E-state index contributed by atoms with van der Waals surface area (Å²) in [5.74, 6) is -0.575. The Morgan fingerprint density at radius 2 is 2.04 bits per heavy atom. The second-order valence-electron chi connectivity index (χ2n) is 4.64. The van der Waals surface area contributed by atoms with Crippen LogP contribution in [0.25, 0.3) is 11.0 Å². The molecule has 6 nitrogen and oxygen atoms in total. The molecule has 0 saturated carbocycles. The molecule has 0 saturated heterocycles. The van der Waals surface area contributed by atoms with E-state index in [1.54, 1.807) is 25.1 Å². The highest BCUT2D eigenvalue weighted by Crippen LogP contribution is 2.31. The molecule has 9 heteroatoms. The molecule has 0 spiro atoms. The first-order valence-electron chi connectivity index (χ1n) is 6.94. The quantitative estimate of drug-likeness (QED) is 0.819. The number of benzene rings is 1. The first-order chi connectivity index (χ1) is 10.9. The monoisotopic (exact) mass is 342 g/mol. The van der Waals surface area contributed by atoms with Crippen LogP contribution in [0.2, 0.25) is 0 Å². The highest BCUT2D eigenvalue weighted by Gasteiger charge is 2.23. The maximum atomic E-state index is 13.3. The Balaban J connectivity index is 2.19. The summed E-state index contributed by atoms with van der Waals surface area (Å²) in [6.07, 6.45) is 0. The van der Waals surface area contributed by atoms with E-state index in [0.29, 0.717) is 17.6 Å². The van der Waals surface area contributed by atoms with Crippen LogP contribution >= 0.6 is 11.8 Å². The van der Waals surface area contributed by atoms with Gasteiger partial charge in [-0.3, -0.25) is 14.7 Å². The van der Waals surface area contributed by atoms with Gasteiger partial charge < -0.3 is 5.32 Å². The molecule has 2 rings (SSSR count). The third-order valence-electron chi connectivity index (χ3n) is 2.98. The van der Waals surface area contributed by atoms with Crippen LogP contribution in [0.1, 0.15) is 20.4 Å². The summed E-state index contributed by atoms with van der Waals surface area (Å²) in [5, 5.41) is 3.84. The van der Waals surface area contributed by atoms with Gasteiger partial charge in [0.2, 0.25) is 5.91 Å². The van der Waals surface area contributed by atoms with Crippen LogP contribution in [-0.2, 0) is 4.79 Å². The van der Waals surface area contributed by atoms with E-state index in [2.05, 4.69) is 15.6 Å². The Bertz CT molecular complexity index is 720. The van der Waals surface area contributed by atoms with E-state index in [1.165, 1.54) is 13.0 Å². The molecule has 0 fully saturated rings. The van der Waals surface area contributed by atoms with E-state index in [9.17, 15) is 18.4 Å². The Labute approximate surface area is 135 Å². The van der Waals surface area contributed by atoms with Crippen molar-refractivity contribution in [1.29, 1.82) is 0 Å². The second-order valence-corrected chi connectivity index (χ2v) is 5.95. The number of carbonyl (C=O) groups is 2. The summed E-state index contributed by atoms with van der Waals surface area (Å²) in [7, 11) is 0. The van der Waals surface area contributed by atoms with Crippen LogP contribution < -0.4 is 10.6 Å². The van der Waals surface area contributed by atoms with Crippen molar-refractivity contribution in [3.63, 3.8) is 0 Å². The number of aromatic nitrogens is 2. The molecule has 124 valence electrons. The molecule has 1 heterocycles. The summed E-state index contributed by atoms with van der Waals surface area (Å²) >= 11 is 0.872. The number of urea groups is 1. The number of nitrogens with one attached hydrogen (secondary N) is 2. The van der Waals surface area contributed by atoms with Gasteiger partial charge in [-0.25, -0.2) is 9.78 Å². The van der Waals surface area contributed by atoms with Gasteiger partial charge in [-0.2, -0.15) is 8.78 Å². The summed E-state index contributed by atoms with van der Waals surface area (Å²) in [6.45, 7) is 0.840. The van der Waals surface area contributed by atoms with Gasteiger partial charge in [-0.1, -0.05) is 23.9 Å². The summed E-state index contributed by atoms with van der Waals surface area (Å²) in [6, 6.07) is 5.88. The normalized spacial score (nSPS) is 12.4. The van der Waals surface area contributed by atoms with E-state index in [1.807, 2.05) is 0 Å². The molecule has 1 aromatic heterocycles. The zero-order chi connectivity index (χ0) is 17.0. The number of nitrogens with zero attached hydrogens (tertiary/aromatic N) is 2. The molecule has 2 N–H and O–H groups in total. The van der Waals surface area contributed by atoms with Crippen molar-refractivity contribution in [2.45, 2.75) is 30.8 Å². The number of rotatable bonds is 5. The molecular weight excluding hydrogens is 326 g/mol. The van der Waals surface area contributed by atoms with Crippen molar-refractivity contribution in [2.75, 3.05) is 6.54 Å². The summed E-state index contributed by atoms with van der Waals surface area (Å²) in [4.78, 5) is 27.4. The number of amides is 3. The number of carbonyl (C=O) groups excluding carboxylic acids is 2. The molecule has 2 aromatic rings. The number of hydrogen-bond acceptors (Lipinski definition) is 4. The maximum Gasteiger partial charge on any atom is 0.321 e. The van der Waals surface area contributed by atoms with E-state index in [4.69, 9.17) is 0 Å². The van der Waals surface area contributed by atoms with Crippen LogP contribution in [0.3, 0.4) is 0 Å². The average molecular weight is 342 g/mol. The smallest absolute Gasteiger partial charge is 0.321 e. The number of thioether (sulfide) groups is 1. The van der Waals surface area contributed by atoms with E-state index < -0.39 is 23.7 Å². The topological polar surface area (TPSA) is 76.0 Å².